The topological polar surface area (TPSA) is 129 Å². The second kappa shape index (κ2) is 10.2. The van der Waals surface area contributed by atoms with E-state index in [0.717, 1.165) is 4.90 Å². The minimum absolute atomic E-state index is 0.128. The third-order valence-electron chi connectivity index (χ3n) is 6.48. The summed E-state index contributed by atoms with van der Waals surface area (Å²) >= 11 is 0. The van der Waals surface area contributed by atoms with E-state index in [0.29, 0.717) is 10.9 Å². The number of likely N-dealkylation sites (tertiary alicyclic amines) is 1. The molecule has 0 spiro atoms. The lowest BCUT2D eigenvalue weighted by Crippen LogP contribution is -2.46. The Labute approximate surface area is 211 Å². The number of fused-ring (bicyclic) bond motifs is 1. The van der Waals surface area contributed by atoms with Crippen molar-refractivity contribution in [3.05, 3.63) is 65.1 Å². The number of alkyl halides is 1. The zero-order chi connectivity index (χ0) is 27.1. The van der Waals surface area contributed by atoms with Crippen molar-refractivity contribution in [1.82, 2.24) is 14.8 Å². The SMILES string of the molecule is CC(=O)c1cn(CC(=O)N2C[C@H](F)C[C@H]2C(=O)NCc2cccc(C)c2F)c2cc(P(=O)(O)O)ccc12. The van der Waals surface area contributed by atoms with Crippen molar-refractivity contribution in [2.75, 3.05) is 6.54 Å². The molecule has 196 valence electrons. The molecule has 2 amide bonds. The zero-order valence-electron chi connectivity index (χ0n) is 20.1. The monoisotopic (exact) mass is 533 g/mol. The molecule has 0 radical (unpaired) electrons. The van der Waals surface area contributed by atoms with Crippen molar-refractivity contribution in [2.45, 2.75) is 45.6 Å². The van der Waals surface area contributed by atoms with E-state index in [1.807, 2.05) is 0 Å². The third kappa shape index (κ3) is 5.49. The number of Topliss-reactive ketones (excluding diaryl/α,β-unsaturated/α-hetero) is 1. The van der Waals surface area contributed by atoms with Crippen LogP contribution in [0.5, 0.6) is 0 Å². The van der Waals surface area contributed by atoms with Gasteiger partial charge in [0.05, 0.1) is 17.4 Å². The van der Waals surface area contributed by atoms with Gasteiger partial charge in [0.15, 0.2) is 5.78 Å². The van der Waals surface area contributed by atoms with Gasteiger partial charge in [-0.25, -0.2) is 8.78 Å². The van der Waals surface area contributed by atoms with Gasteiger partial charge in [0.2, 0.25) is 11.8 Å². The van der Waals surface area contributed by atoms with Crippen molar-refractivity contribution >= 4 is 41.4 Å². The highest BCUT2D eigenvalue weighted by Crippen LogP contribution is 2.35. The lowest BCUT2D eigenvalue weighted by atomic mass is 10.1. The Morgan fingerprint density at radius 3 is 2.59 bits per heavy atom. The van der Waals surface area contributed by atoms with Crippen molar-refractivity contribution < 1.29 is 37.5 Å². The van der Waals surface area contributed by atoms with Crippen LogP contribution in [0.15, 0.2) is 42.6 Å². The maximum Gasteiger partial charge on any atom is 0.356 e. The molecule has 37 heavy (non-hydrogen) atoms. The van der Waals surface area contributed by atoms with E-state index < -0.39 is 44.0 Å². The molecular formula is C25H26F2N3O6P. The van der Waals surface area contributed by atoms with Gasteiger partial charge in [0.25, 0.3) is 0 Å². The Morgan fingerprint density at radius 1 is 1.19 bits per heavy atom. The van der Waals surface area contributed by atoms with Crippen molar-refractivity contribution in [3.8, 4) is 0 Å². The minimum Gasteiger partial charge on any atom is -0.350 e. The molecule has 0 unspecified atom stereocenters. The number of aryl methyl sites for hydroxylation is 1. The molecule has 3 aromatic rings. The van der Waals surface area contributed by atoms with Crippen molar-refractivity contribution in [2.24, 2.45) is 0 Å². The summed E-state index contributed by atoms with van der Waals surface area (Å²) < 4.78 is 41.7. The number of nitrogens with zero attached hydrogens (tertiary/aromatic N) is 2. The van der Waals surface area contributed by atoms with Crippen LogP contribution in [0.1, 0.15) is 34.8 Å². The first-order chi connectivity index (χ1) is 17.4. The number of benzene rings is 2. The lowest BCUT2D eigenvalue weighted by molar-refractivity contribution is -0.139. The fourth-order valence-corrected chi connectivity index (χ4v) is 5.12. The Bertz CT molecular complexity index is 1450. The highest BCUT2D eigenvalue weighted by atomic mass is 31.2. The normalized spacial score (nSPS) is 17.8. The molecule has 0 saturated carbocycles. The third-order valence-corrected chi connectivity index (χ3v) is 7.44. The second-order valence-electron chi connectivity index (χ2n) is 9.13. The molecule has 4 rings (SSSR count). The quantitative estimate of drug-likeness (QED) is 0.316. The molecule has 1 saturated heterocycles. The molecule has 3 N–H and O–H groups in total. The van der Waals surface area contributed by atoms with Crippen LogP contribution in [0, 0.1) is 12.7 Å². The number of carbonyl (C=O) groups excluding carboxylic acids is 3. The van der Waals surface area contributed by atoms with E-state index >= 15 is 0 Å². The fraction of sp³-hybridized carbons (Fsp3) is 0.320. The minimum atomic E-state index is -4.61. The number of halogens is 2. The van der Waals surface area contributed by atoms with Gasteiger partial charge in [-0.05, 0) is 31.5 Å². The average Bonchev–Trinajstić information content (AvgIpc) is 3.40. The van der Waals surface area contributed by atoms with E-state index in [9.17, 15) is 37.5 Å². The van der Waals surface area contributed by atoms with E-state index in [1.54, 1.807) is 19.1 Å². The number of rotatable bonds is 7. The van der Waals surface area contributed by atoms with Crippen LogP contribution in [0.2, 0.25) is 0 Å². The molecular weight excluding hydrogens is 507 g/mol. The van der Waals surface area contributed by atoms with Gasteiger partial charge in [-0.15, -0.1) is 0 Å². The van der Waals surface area contributed by atoms with Gasteiger partial charge in [-0.1, -0.05) is 24.3 Å². The molecule has 9 nitrogen and oxygen atoms in total. The van der Waals surface area contributed by atoms with Gasteiger partial charge in [-0.2, -0.15) is 0 Å². The predicted octanol–water partition coefficient (Wildman–Crippen LogP) is 2.35. The Hall–Kier alpha value is -3.40. The molecule has 1 aliphatic rings. The summed E-state index contributed by atoms with van der Waals surface area (Å²) in [5, 5.41) is 2.69. The number of aromatic nitrogens is 1. The standard InChI is InChI=1S/C25H26F2N3O6P/c1-14-4-3-5-16(24(14)27)10-28-25(33)22-8-17(26)11-30(22)23(32)13-29-12-20(15(2)31)19-7-6-18(9-21(19)29)37(34,35)36/h3-7,9,12,17,22H,8,10-11,13H2,1-2H3,(H,28,33)(H2,34,35,36)/t17-,22+/m1/s1. The smallest absolute Gasteiger partial charge is 0.350 e. The number of amides is 2. The van der Waals surface area contributed by atoms with Crippen LogP contribution >= 0.6 is 7.60 Å². The van der Waals surface area contributed by atoms with Crippen LogP contribution < -0.4 is 10.6 Å². The molecule has 0 aliphatic carbocycles. The summed E-state index contributed by atoms with van der Waals surface area (Å²) in [6, 6.07) is 7.47. The average molecular weight is 533 g/mol. The highest BCUT2D eigenvalue weighted by Gasteiger charge is 2.40. The molecule has 1 aromatic heterocycles. The van der Waals surface area contributed by atoms with Crippen LogP contribution in [0.25, 0.3) is 10.9 Å². The first kappa shape index (κ1) is 26.7. The molecule has 2 atom stereocenters. The summed E-state index contributed by atoms with van der Waals surface area (Å²) in [6.45, 7) is 2.08. The van der Waals surface area contributed by atoms with Gasteiger partial charge >= 0.3 is 7.60 Å². The Kier molecular flexibility index (Phi) is 7.32. The van der Waals surface area contributed by atoms with Gasteiger partial charge < -0.3 is 24.6 Å². The van der Waals surface area contributed by atoms with E-state index in [1.165, 1.54) is 42.0 Å². The number of hydrogen-bond acceptors (Lipinski definition) is 4. The van der Waals surface area contributed by atoms with Crippen LogP contribution in [-0.4, -0.2) is 55.6 Å². The van der Waals surface area contributed by atoms with Crippen LogP contribution in [-0.2, 0) is 27.2 Å². The van der Waals surface area contributed by atoms with E-state index in [2.05, 4.69) is 5.32 Å². The van der Waals surface area contributed by atoms with Crippen LogP contribution in [0.4, 0.5) is 8.78 Å². The van der Waals surface area contributed by atoms with Gasteiger partial charge in [0, 0.05) is 35.7 Å². The Morgan fingerprint density at radius 2 is 1.92 bits per heavy atom. The summed E-state index contributed by atoms with van der Waals surface area (Å²) in [6.07, 6.45) is -0.264. The van der Waals surface area contributed by atoms with Crippen molar-refractivity contribution in [3.63, 3.8) is 0 Å². The summed E-state index contributed by atoms with van der Waals surface area (Å²) in [7, 11) is -4.61. The molecule has 1 fully saturated rings. The van der Waals surface area contributed by atoms with Crippen molar-refractivity contribution in [1.29, 1.82) is 0 Å². The van der Waals surface area contributed by atoms with E-state index in [-0.39, 0.29) is 47.2 Å². The number of nitrogens with one attached hydrogen (secondary N) is 1. The largest absolute Gasteiger partial charge is 0.356 e. The summed E-state index contributed by atoms with van der Waals surface area (Å²) in [4.78, 5) is 58.4. The summed E-state index contributed by atoms with van der Waals surface area (Å²) in [5.74, 6) is -2.01. The first-order valence-electron chi connectivity index (χ1n) is 11.5. The van der Waals surface area contributed by atoms with Gasteiger partial charge in [-0.3, -0.25) is 18.9 Å². The van der Waals surface area contributed by atoms with Crippen LogP contribution in [0.3, 0.4) is 0 Å². The molecule has 2 aromatic carbocycles. The zero-order valence-corrected chi connectivity index (χ0v) is 21.0. The molecule has 1 aliphatic heterocycles. The predicted molar refractivity (Wildman–Crippen MR) is 132 cm³/mol. The number of ketones is 1. The second-order valence-corrected chi connectivity index (χ2v) is 10.7. The number of carbonyl (C=O) groups is 3. The molecule has 0 bridgehead atoms. The molecule has 2 heterocycles. The fourth-order valence-electron chi connectivity index (χ4n) is 4.56. The Balaban J connectivity index is 1.57. The maximum atomic E-state index is 14.3. The lowest BCUT2D eigenvalue weighted by Gasteiger charge is -2.24. The number of hydrogen-bond donors (Lipinski definition) is 3. The first-order valence-corrected chi connectivity index (χ1v) is 13.1. The van der Waals surface area contributed by atoms with E-state index in [4.69, 9.17) is 0 Å². The molecule has 12 heteroatoms. The van der Waals surface area contributed by atoms with Gasteiger partial charge in [0.1, 0.15) is 24.6 Å². The highest BCUT2D eigenvalue weighted by molar-refractivity contribution is 7.60. The summed E-state index contributed by atoms with van der Waals surface area (Å²) in [5.41, 5.74) is 1.17. The maximum absolute atomic E-state index is 14.3.